The Hall–Kier alpha value is -0.520. The van der Waals surface area contributed by atoms with E-state index < -0.39 is 0 Å². The van der Waals surface area contributed by atoms with Gasteiger partial charge in [0.15, 0.2) is 0 Å². The molecule has 0 aromatic carbocycles. The summed E-state index contributed by atoms with van der Waals surface area (Å²) in [5.74, 6) is 0.963. The van der Waals surface area contributed by atoms with Gasteiger partial charge in [-0.1, -0.05) is 18.6 Å². The van der Waals surface area contributed by atoms with Gasteiger partial charge in [0.25, 0.3) is 0 Å². The zero-order chi connectivity index (χ0) is 9.90. The molecule has 1 fully saturated rings. The lowest BCUT2D eigenvalue weighted by molar-refractivity contribution is 0.448. The van der Waals surface area contributed by atoms with Crippen LogP contribution in [0.5, 0.6) is 0 Å². The largest absolute Gasteiger partial charge is 0.103 e. The molecule has 0 heterocycles. The van der Waals surface area contributed by atoms with E-state index in [0.717, 1.165) is 5.92 Å². The Morgan fingerprint density at radius 2 is 2.31 bits per heavy atom. The molecule has 1 rings (SSSR count). The molecular formula is C13H22. The molecule has 2 unspecified atom stereocenters. The fraction of sp³-hybridized carbons (Fsp3) is 0.692. The third-order valence-electron chi connectivity index (χ3n) is 3.38. The fourth-order valence-corrected chi connectivity index (χ4v) is 2.08. The lowest BCUT2D eigenvalue weighted by Gasteiger charge is -2.10. The van der Waals surface area contributed by atoms with E-state index in [-0.39, 0.29) is 0 Å². The summed E-state index contributed by atoms with van der Waals surface area (Å²) in [5.41, 5.74) is 1.97. The first-order chi connectivity index (χ1) is 6.08. The van der Waals surface area contributed by atoms with Crippen LogP contribution < -0.4 is 0 Å². The molecule has 0 N–H and O–H groups in total. The third kappa shape index (κ3) is 3.02. The van der Waals surface area contributed by atoms with Gasteiger partial charge >= 0.3 is 0 Å². The molecule has 0 radical (unpaired) electrons. The fourth-order valence-electron chi connectivity index (χ4n) is 2.08. The van der Waals surface area contributed by atoms with Gasteiger partial charge < -0.3 is 0 Å². The maximum atomic E-state index is 3.96. The smallest absolute Gasteiger partial charge is 0.0291 e. The molecule has 0 heteroatoms. The summed E-state index contributed by atoms with van der Waals surface area (Å²) in [7, 11) is 0. The van der Waals surface area contributed by atoms with E-state index in [2.05, 4.69) is 27.0 Å². The van der Waals surface area contributed by atoms with Crippen molar-refractivity contribution in [1.82, 2.24) is 0 Å². The highest BCUT2D eigenvalue weighted by Gasteiger charge is 2.47. The van der Waals surface area contributed by atoms with Crippen molar-refractivity contribution in [3.63, 3.8) is 0 Å². The summed E-state index contributed by atoms with van der Waals surface area (Å²) in [6, 6.07) is 0. The lowest BCUT2D eigenvalue weighted by atomic mass is 9.96. The molecule has 0 bridgehead atoms. The molecule has 1 aliphatic rings. The van der Waals surface area contributed by atoms with Crippen LogP contribution in [0.1, 0.15) is 46.0 Å². The van der Waals surface area contributed by atoms with Crippen LogP contribution in [0.4, 0.5) is 0 Å². The highest BCUT2D eigenvalue weighted by Crippen LogP contribution is 2.57. The van der Waals surface area contributed by atoms with Crippen LogP contribution in [-0.4, -0.2) is 0 Å². The van der Waals surface area contributed by atoms with Crippen LogP contribution in [0.25, 0.3) is 0 Å². The van der Waals surface area contributed by atoms with Gasteiger partial charge in [0.1, 0.15) is 0 Å². The summed E-state index contributed by atoms with van der Waals surface area (Å²) in [6.45, 7) is 12.3. The van der Waals surface area contributed by atoms with Gasteiger partial charge in [0.2, 0.25) is 0 Å². The number of allylic oxidation sites excluding steroid dienone is 2. The van der Waals surface area contributed by atoms with Crippen molar-refractivity contribution >= 4 is 0 Å². The minimum atomic E-state index is 0.641. The maximum absolute atomic E-state index is 3.96. The maximum Gasteiger partial charge on any atom is -0.0291 e. The minimum Gasteiger partial charge on any atom is -0.103 e. The highest BCUT2D eigenvalue weighted by molar-refractivity contribution is 5.02. The molecule has 2 atom stereocenters. The van der Waals surface area contributed by atoms with Crippen molar-refractivity contribution in [3.05, 3.63) is 24.8 Å². The van der Waals surface area contributed by atoms with E-state index in [1.165, 1.54) is 37.7 Å². The standard InChI is InChI=1S/C13H22/c1-5-6-7-12-10-13(12,4)9-8-11(2)3/h5,12H,1-2,6-10H2,3-4H3. The molecule has 0 nitrogen and oxygen atoms in total. The first-order valence-electron chi connectivity index (χ1n) is 5.34. The summed E-state index contributed by atoms with van der Waals surface area (Å²) >= 11 is 0. The van der Waals surface area contributed by atoms with Crippen molar-refractivity contribution in [2.75, 3.05) is 0 Å². The molecule has 1 aliphatic carbocycles. The van der Waals surface area contributed by atoms with Gasteiger partial charge in [-0.3, -0.25) is 0 Å². The molecule has 1 saturated carbocycles. The van der Waals surface area contributed by atoms with E-state index in [4.69, 9.17) is 0 Å². The number of hydrogen-bond acceptors (Lipinski definition) is 0. The molecular weight excluding hydrogens is 156 g/mol. The Morgan fingerprint density at radius 3 is 2.85 bits per heavy atom. The Bertz CT molecular complexity index is 202. The van der Waals surface area contributed by atoms with Gasteiger partial charge in [-0.15, -0.1) is 13.2 Å². The van der Waals surface area contributed by atoms with Crippen LogP contribution in [0, 0.1) is 11.3 Å². The average molecular weight is 178 g/mol. The van der Waals surface area contributed by atoms with Crippen molar-refractivity contribution < 1.29 is 0 Å². The van der Waals surface area contributed by atoms with Crippen LogP contribution in [0.3, 0.4) is 0 Å². The normalized spacial score (nSPS) is 31.4. The number of hydrogen-bond donors (Lipinski definition) is 0. The average Bonchev–Trinajstić information content (AvgIpc) is 2.71. The molecule has 13 heavy (non-hydrogen) atoms. The molecule has 0 amide bonds. The first kappa shape index (κ1) is 10.6. The van der Waals surface area contributed by atoms with E-state index in [1.807, 2.05) is 6.08 Å². The second kappa shape index (κ2) is 4.13. The van der Waals surface area contributed by atoms with Crippen molar-refractivity contribution in [2.45, 2.75) is 46.0 Å². The Labute approximate surface area is 82.7 Å². The lowest BCUT2D eigenvalue weighted by Crippen LogP contribution is -1.98. The van der Waals surface area contributed by atoms with Gasteiger partial charge in [-0.25, -0.2) is 0 Å². The SMILES string of the molecule is C=CCCC1CC1(C)CCC(=C)C. The molecule has 0 spiro atoms. The second-order valence-corrected chi connectivity index (χ2v) is 4.88. The Kier molecular flexibility index (Phi) is 3.35. The Morgan fingerprint density at radius 1 is 1.62 bits per heavy atom. The highest BCUT2D eigenvalue weighted by atomic mass is 14.5. The molecule has 74 valence electrons. The van der Waals surface area contributed by atoms with Gasteiger partial charge in [0.05, 0.1) is 0 Å². The first-order valence-corrected chi connectivity index (χ1v) is 5.34. The van der Waals surface area contributed by atoms with E-state index in [9.17, 15) is 0 Å². The monoisotopic (exact) mass is 178 g/mol. The topological polar surface area (TPSA) is 0 Å². The quantitative estimate of drug-likeness (QED) is 0.531. The second-order valence-electron chi connectivity index (χ2n) is 4.88. The van der Waals surface area contributed by atoms with Crippen LogP contribution in [0.2, 0.25) is 0 Å². The van der Waals surface area contributed by atoms with Gasteiger partial charge in [-0.05, 0) is 50.4 Å². The van der Waals surface area contributed by atoms with Gasteiger partial charge in [0, 0.05) is 0 Å². The Balaban J connectivity index is 2.20. The molecule has 0 saturated heterocycles. The van der Waals surface area contributed by atoms with Gasteiger partial charge in [-0.2, -0.15) is 0 Å². The zero-order valence-corrected chi connectivity index (χ0v) is 9.10. The van der Waals surface area contributed by atoms with E-state index in [0.29, 0.717) is 5.41 Å². The predicted octanol–water partition coefficient (Wildman–Crippen LogP) is 4.34. The van der Waals surface area contributed by atoms with E-state index >= 15 is 0 Å². The third-order valence-corrected chi connectivity index (χ3v) is 3.38. The minimum absolute atomic E-state index is 0.641. The van der Waals surface area contributed by atoms with Crippen molar-refractivity contribution in [3.8, 4) is 0 Å². The van der Waals surface area contributed by atoms with Crippen LogP contribution in [0.15, 0.2) is 24.8 Å². The zero-order valence-electron chi connectivity index (χ0n) is 9.10. The summed E-state index contributed by atoms with van der Waals surface area (Å²) < 4.78 is 0. The van der Waals surface area contributed by atoms with Crippen LogP contribution in [-0.2, 0) is 0 Å². The number of rotatable bonds is 6. The summed E-state index contributed by atoms with van der Waals surface area (Å²) in [5, 5.41) is 0. The summed E-state index contributed by atoms with van der Waals surface area (Å²) in [4.78, 5) is 0. The van der Waals surface area contributed by atoms with E-state index in [1.54, 1.807) is 0 Å². The van der Waals surface area contributed by atoms with Crippen LogP contribution >= 0.6 is 0 Å². The predicted molar refractivity (Wildman–Crippen MR) is 59.7 cm³/mol. The molecule has 0 aromatic heterocycles. The van der Waals surface area contributed by atoms with Crippen molar-refractivity contribution in [1.29, 1.82) is 0 Å². The molecule has 0 aliphatic heterocycles. The summed E-state index contributed by atoms with van der Waals surface area (Å²) in [6.07, 6.45) is 8.54. The van der Waals surface area contributed by atoms with Crippen molar-refractivity contribution in [2.24, 2.45) is 11.3 Å². The molecule has 0 aromatic rings.